The van der Waals surface area contributed by atoms with Crippen molar-refractivity contribution in [1.29, 1.82) is 0 Å². The number of hydrogen-bond donors (Lipinski definition) is 3. The monoisotopic (exact) mass is 404 g/mol. The zero-order valence-electron chi connectivity index (χ0n) is 16.1. The number of hydrogen-bond acceptors (Lipinski definition) is 5. The Bertz CT molecular complexity index is 885. The minimum absolute atomic E-state index is 0.0313. The topological polar surface area (TPSA) is 87.7 Å². The fraction of sp³-hybridized carbons (Fsp3) is 0.429. The number of benzene rings is 2. The summed E-state index contributed by atoms with van der Waals surface area (Å²) >= 11 is 0. The van der Waals surface area contributed by atoms with Gasteiger partial charge in [-0.2, -0.15) is 0 Å². The molecule has 0 aromatic heterocycles. The number of nitrogens with one attached hydrogen (secondary N) is 2. The highest BCUT2D eigenvalue weighted by Crippen LogP contribution is 2.30. The first-order valence-corrected chi connectivity index (χ1v) is 11.5. The summed E-state index contributed by atoms with van der Waals surface area (Å²) in [6, 6.07) is 15.9. The quantitative estimate of drug-likeness (QED) is 0.626. The molecule has 1 aliphatic rings. The molecule has 1 heterocycles. The maximum absolute atomic E-state index is 11.7. The Labute approximate surface area is 167 Å². The summed E-state index contributed by atoms with van der Waals surface area (Å²) in [6.45, 7) is 1.11. The van der Waals surface area contributed by atoms with Gasteiger partial charge in [-0.1, -0.05) is 42.5 Å². The Morgan fingerprint density at radius 1 is 1.21 bits per heavy atom. The molecule has 1 fully saturated rings. The lowest BCUT2D eigenvalue weighted by atomic mass is 9.92. The Balaban J connectivity index is 1.80. The third-order valence-corrected chi connectivity index (χ3v) is 5.61. The van der Waals surface area contributed by atoms with Crippen molar-refractivity contribution < 1.29 is 18.3 Å². The number of piperidine rings is 1. The van der Waals surface area contributed by atoms with Gasteiger partial charge in [-0.3, -0.25) is 0 Å². The van der Waals surface area contributed by atoms with Crippen molar-refractivity contribution in [3.8, 4) is 16.9 Å². The molecule has 0 spiro atoms. The molecule has 7 heteroatoms. The van der Waals surface area contributed by atoms with Crippen LogP contribution in [0.25, 0.3) is 11.1 Å². The molecule has 0 bridgehead atoms. The maximum atomic E-state index is 11.7. The molecule has 6 nitrogen and oxygen atoms in total. The second-order valence-corrected chi connectivity index (χ2v) is 8.95. The summed E-state index contributed by atoms with van der Waals surface area (Å²) in [6.07, 6.45) is 3.74. The van der Waals surface area contributed by atoms with Gasteiger partial charge >= 0.3 is 0 Å². The molecule has 2 atom stereocenters. The van der Waals surface area contributed by atoms with Gasteiger partial charge in [0.15, 0.2) is 0 Å². The van der Waals surface area contributed by atoms with Crippen molar-refractivity contribution in [2.75, 3.05) is 26.0 Å². The molecule has 0 radical (unpaired) electrons. The van der Waals surface area contributed by atoms with Gasteiger partial charge in [0.05, 0.1) is 12.9 Å². The zero-order valence-corrected chi connectivity index (χ0v) is 16.9. The van der Waals surface area contributed by atoms with E-state index in [4.69, 9.17) is 9.84 Å². The molecule has 2 unspecified atom stereocenters. The van der Waals surface area contributed by atoms with Crippen LogP contribution in [0.2, 0.25) is 0 Å². The van der Waals surface area contributed by atoms with Crippen LogP contribution >= 0.6 is 0 Å². The smallest absolute Gasteiger partial charge is 0.209 e. The van der Waals surface area contributed by atoms with Gasteiger partial charge in [0.25, 0.3) is 0 Å². The first kappa shape index (κ1) is 20.8. The molecule has 3 N–H and O–H groups in total. The van der Waals surface area contributed by atoms with Crippen molar-refractivity contribution in [3.63, 3.8) is 0 Å². The number of aliphatic hydroxyl groups excluding tert-OH is 1. The van der Waals surface area contributed by atoms with E-state index in [0.29, 0.717) is 0 Å². The Morgan fingerprint density at radius 2 is 2.04 bits per heavy atom. The van der Waals surface area contributed by atoms with Crippen LogP contribution in [0.15, 0.2) is 48.5 Å². The van der Waals surface area contributed by atoms with E-state index in [-0.39, 0.29) is 25.3 Å². The minimum atomic E-state index is -3.24. The summed E-state index contributed by atoms with van der Waals surface area (Å²) in [4.78, 5) is 0. The van der Waals surface area contributed by atoms with Crippen LogP contribution < -0.4 is 14.8 Å². The van der Waals surface area contributed by atoms with Crippen LogP contribution in [0.4, 0.5) is 0 Å². The number of ether oxygens (including phenoxy) is 1. The molecule has 3 rings (SSSR count). The van der Waals surface area contributed by atoms with Crippen LogP contribution in [0.5, 0.6) is 5.75 Å². The summed E-state index contributed by atoms with van der Waals surface area (Å²) < 4.78 is 31.8. The highest BCUT2D eigenvalue weighted by Gasteiger charge is 2.27. The first-order valence-electron chi connectivity index (χ1n) is 9.59. The molecule has 2 aromatic rings. The van der Waals surface area contributed by atoms with Gasteiger partial charge in [-0.25, -0.2) is 13.1 Å². The SMILES string of the molecule is CS(=O)(=O)NC1CCCNC1Cc1cccc(-c2ccccc2OCCO)c1. The molecule has 2 aromatic carbocycles. The molecule has 0 saturated carbocycles. The third-order valence-electron chi connectivity index (χ3n) is 4.88. The molecular weight excluding hydrogens is 376 g/mol. The lowest BCUT2D eigenvalue weighted by Crippen LogP contribution is -2.54. The average Bonchev–Trinajstić information content (AvgIpc) is 2.67. The van der Waals surface area contributed by atoms with Crippen molar-refractivity contribution in [1.82, 2.24) is 10.0 Å². The summed E-state index contributed by atoms with van der Waals surface area (Å²) in [5.41, 5.74) is 3.14. The van der Waals surface area contributed by atoms with Gasteiger partial charge in [0.1, 0.15) is 12.4 Å². The lowest BCUT2D eigenvalue weighted by Gasteiger charge is -2.33. The van der Waals surface area contributed by atoms with Gasteiger partial charge in [-0.05, 0) is 43.0 Å². The largest absolute Gasteiger partial charge is 0.491 e. The summed E-state index contributed by atoms with van der Waals surface area (Å²) in [5, 5.41) is 12.5. The second-order valence-electron chi connectivity index (χ2n) is 7.17. The molecule has 0 amide bonds. The van der Waals surface area contributed by atoms with Crippen LogP contribution in [-0.2, 0) is 16.4 Å². The Kier molecular flexibility index (Phi) is 7.07. The van der Waals surface area contributed by atoms with E-state index in [2.05, 4.69) is 22.2 Å². The van der Waals surface area contributed by atoms with Crippen LogP contribution in [-0.4, -0.2) is 51.6 Å². The summed E-state index contributed by atoms with van der Waals surface area (Å²) in [7, 11) is -3.24. The molecule has 152 valence electrons. The molecule has 0 aliphatic carbocycles. The van der Waals surface area contributed by atoms with E-state index in [1.165, 1.54) is 6.26 Å². The van der Waals surface area contributed by atoms with Crippen LogP contribution in [0, 0.1) is 0 Å². The Morgan fingerprint density at radius 3 is 2.82 bits per heavy atom. The van der Waals surface area contributed by atoms with Gasteiger partial charge in [0, 0.05) is 17.6 Å². The van der Waals surface area contributed by atoms with Crippen molar-refractivity contribution in [2.24, 2.45) is 0 Å². The normalized spacial score (nSPS) is 20.1. The van der Waals surface area contributed by atoms with Crippen molar-refractivity contribution in [2.45, 2.75) is 31.3 Å². The van der Waals surface area contributed by atoms with Gasteiger partial charge in [-0.15, -0.1) is 0 Å². The highest BCUT2D eigenvalue weighted by atomic mass is 32.2. The number of rotatable bonds is 8. The lowest BCUT2D eigenvalue weighted by molar-refractivity contribution is 0.202. The first-order chi connectivity index (χ1) is 13.5. The molecule has 28 heavy (non-hydrogen) atoms. The molecular formula is C21H28N2O4S. The predicted octanol–water partition coefficient (Wildman–Crippen LogP) is 1.94. The average molecular weight is 405 g/mol. The van der Waals surface area contributed by atoms with E-state index in [1.54, 1.807) is 0 Å². The Hall–Kier alpha value is -1.93. The predicted molar refractivity (Wildman–Crippen MR) is 111 cm³/mol. The summed E-state index contributed by atoms with van der Waals surface area (Å²) in [5.74, 6) is 0.737. The van der Waals surface area contributed by atoms with Gasteiger partial charge < -0.3 is 15.2 Å². The van der Waals surface area contributed by atoms with E-state index in [1.807, 2.05) is 36.4 Å². The molecule has 1 saturated heterocycles. The minimum Gasteiger partial charge on any atom is -0.491 e. The van der Waals surface area contributed by atoms with Gasteiger partial charge in [0.2, 0.25) is 10.0 Å². The maximum Gasteiger partial charge on any atom is 0.209 e. The second kappa shape index (κ2) is 9.52. The number of sulfonamides is 1. The molecule has 1 aliphatic heterocycles. The standard InChI is InChI=1S/C21H28N2O4S/c1-28(25,26)23-19-9-5-11-22-20(19)15-16-6-4-7-17(14-16)18-8-2-3-10-21(18)27-13-12-24/h2-4,6-8,10,14,19-20,22-24H,5,9,11-13,15H2,1H3. The third kappa shape index (κ3) is 5.78. The van der Waals surface area contributed by atoms with E-state index in [0.717, 1.165) is 48.2 Å². The number of aliphatic hydroxyl groups is 1. The van der Waals surface area contributed by atoms with Crippen molar-refractivity contribution >= 4 is 10.0 Å². The van der Waals surface area contributed by atoms with Crippen LogP contribution in [0.3, 0.4) is 0 Å². The van der Waals surface area contributed by atoms with E-state index < -0.39 is 10.0 Å². The van der Waals surface area contributed by atoms with E-state index in [9.17, 15) is 8.42 Å². The highest BCUT2D eigenvalue weighted by molar-refractivity contribution is 7.88. The van der Waals surface area contributed by atoms with E-state index >= 15 is 0 Å². The fourth-order valence-corrected chi connectivity index (χ4v) is 4.52. The van der Waals surface area contributed by atoms with Crippen molar-refractivity contribution in [3.05, 3.63) is 54.1 Å². The van der Waals surface area contributed by atoms with Crippen LogP contribution in [0.1, 0.15) is 18.4 Å². The fourth-order valence-electron chi connectivity index (χ4n) is 3.69. The zero-order chi connectivity index (χ0) is 20.0. The number of para-hydroxylation sites is 1.